The van der Waals surface area contributed by atoms with Gasteiger partial charge in [-0.05, 0) is 38.9 Å². The Morgan fingerprint density at radius 2 is 1.91 bits per heavy atom. The van der Waals surface area contributed by atoms with Crippen LogP contribution >= 0.6 is 0 Å². The van der Waals surface area contributed by atoms with E-state index in [1.54, 1.807) is 6.92 Å². The Morgan fingerprint density at radius 3 is 2.48 bits per heavy atom. The Labute approximate surface area is 132 Å². The van der Waals surface area contributed by atoms with Crippen molar-refractivity contribution in [1.82, 2.24) is 14.9 Å². The van der Waals surface area contributed by atoms with E-state index in [9.17, 15) is 18.3 Å². The fourth-order valence-electron chi connectivity index (χ4n) is 3.29. The molecule has 0 radical (unpaired) electrons. The van der Waals surface area contributed by atoms with Gasteiger partial charge in [-0.3, -0.25) is 4.90 Å². The molecule has 8 heteroatoms. The summed E-state index contributed by atoms with van der Waals surface area (Å²) in [7, 11) is 0. The van der Waals surface area contributed by atoms with E-state index >= 15 is 0 Å². The third-order valence-electron chi connectivity index (χ3n) is 4.55. The second kappa shape index (κ2) is 6.33. The van der Waals surface area contributed by atoms with Crippen molar-refractivity contribution in [2.24, 2.45) is 0 Å². The van der Waals surface area contributed by atoms with Crippen molar-refractivity contribution in [3.63, 3.8) is 0 Å². The summed E-state index contributed by atoms with van der Waals surface area (Å²) in [6, 6.07) is 0.963. The lowest BCUT2D eigenvalue weighted by atomic mass is 9.94. The fourth-order valence-corrected chi connectivity index (χ4v) is 3.29. The molecule has 2 atom stereocenters. The van der Waals surface area contributed by atoms with Gasteiger partial charge in [-0.25, -0.2) is 9.97 Å². The Morgan fingerprint density at radius 1 is 1.22 bits per heavy atom. The molecular formula is C15H20F3N3O2. The van der Waals surface area contributed by atoms with Gasteiger partial charge in [0.25, 0.3) is 0 Å². The standard InChI is InChI=1S/C15H20F3N3O2/c1-9-6-13(15(16,17)18)20-14(19-9)10-2-4-21(5-3-10)11-7-23-8-12(11)22/h6,10-12,22H,2-5,7-8H2,1H3/t11-,12+/m1/s1. The molecule has 0 unspecified atom stereocenters. The van der Waals surface area contributed by atoms with Gasteiger partial charge in [-0.1, -0.05) is 0 Å². The van der Waals surface area contributed by atoms with Crippen molar-refractivity contribution < 1.29 is 23.0 Å². The molecule has 0 saturated carbocycles. The number of piperidine rings is 1. The molecular weight excluding hydrogens is 311 g/mol. The topological polar surface area (TPSA) is 58.5 Å². The van der Waals surface area contributed by atoms with E-state index in [-0.39, 0.29) is 17.8 Å². The number of rotatable bonds is 2. The molecule has 3 heterocycles. The summed E-state index contributed by atoms with van der Waals surface area (Å²) in [5.74, 6) is 0.201. The monoisotopic (exact) mass is 331 g/mol. The number of ether oxygens (including phenoxy) is 1. The summed E-state index contributed by atoms with van der Waals surface area (Å²) >= 11 is 0. The number of aliphatic hydroxyl groups excluding tert-OH is 1. The first-order chi connectivity index (χ1) is 10.8. The second-order valence-corrected chi connectivity index (χ2v) is 6.23. The van der Waals surface area contributed by atoms with E-state index in [1.807, 2.05) is 0 Å². The minimum absolute atomic E-state index is 0.0138. The van der Waals surface area contributed by atoms with E-state index < -0.39 is 18.0 Å². The van der Waals surface area contributed by atoms with E-state index in [1.165, 1.54) is 0 Å². The fraction of sp³-hybridized carbons (Fsp3) is 0.733. The van der Waals surface area contributed by atoms with Crippen LogP contribution in [0.1, 0.15) is 36.0 Å². The van der Waals surface area contributed by atoms with Gasteiger partial charge in [0.1, 0.15) is 11.5 Å². The Balaban J connectivity index is 1.69. The number of nitrogens with zero attached hydrogens (tertiary/aromatic N) is 3. The number of aromatic nitrogens is 2. The predicted molar refractivity (Wildman–Crippen MR) is 75.9 cm³/mol. The number of hydrogen-bond acceptors (Lipinski definition) is 5. The van der Waals surface area contributed by atoms with Crippen LogP contribution in [0.25, 0.3) is 0 Å². The van der Waals surface area contributed by atoms with Gasteiger partial charge in [0.2, 0.25) is 0 Å². The SMILES string of the molecule is Cc1cc(C(F)(F)F)nc(C2CCN([C@@H]3COC[C@@H]3O)CC2)n1. The molecule has 0 spiro atoms. The predicted octanol–water partition coefficient (Wildman–Crippen LogP) is 1.74. The van der Waals surface area contributed by atoms with Crippen molar-refractivity contribution in [2.75, 3.05) is 26.3 Å². The Hall–Kier alpha value is -1.25. The summed E-state index contributed by atoms with van der Waals surface area (Å²) in [6.45, 7) is 3.82. The Kier molecular flexibility index (Phi) is 4.57. The molecule has 1 aromatic rings. The minimum atomic E-state index is -4.45. The van der Waals surface area contributed by atoms with Crippen molar-refractivity contribution >= 4 is 0 Å². The lowest BCUT2D eigenvalue weighted by Crippen LogP contribution is -2.46. The van der Waals surface area contributed by atoms with Gasteiger partial charge in [0.15, 0.2) is 0 Å². The van der Waals surface area contributed by atoms with Crippen LogP contribution in [0, 0.1) is 6.92 Å². The zero-order valence-electron chi connectivity index (χ0n) is 12.9. The van der Waals surface area contributed by atoms with Gasteiger partial charge in [-0.2, -0.15) is 13.2 Å². The first-order valence-electron chi connectivity index (χ1n) is 7.77. The van der Waals surface area contributed by atoms with Crippen molar-refractivity contribution in [3.8, 4) is 0 Å². The lowest BCUT2D eigenvalue weighted by molar-refractivity contribution is -0.141. The molecule has 2 aliphatic heterocycles. The molecule has 2 aliphatic rings. The molecule has 5 nitrogen and oxygen atoms in total. The van der Waals surface area contributed by atoms with Crippen LogP contribution in [0.4, 0.5) is 13.2 Å². The molecule has 0 aliphatic carbocycles. The van der Waals surface area contributed by atoms with Gasteiger partial charge < -0.3 is 9.84 Å². The van der Waals surface area contributed by atoms with Crippen LogP contribution < -0.4 is 0 Å². The van der Waals surface area contributed by atoms with Gasteiger partial charge in [0, 0.05) is 11.6 Å². The highest BCUT2D eigenvalue weighted by Gasteiger charge is 2.36. The van der Waals surface area contributed by atoms with Crippen LogP contribution in [0.5, 0.6) is 0 Å². The maximum absolute atomic E-state index is 12.9. The molecule has 23 heavy (non-hydrogen) atoms. The van der Waals surface area contributed by atoms with Crippen molar-refractivity contribution in [3.05, 3.63) is 23.3 Å². The number of aliphatic hydroxyl groups is 1. The first kappa shape index (κ1) is 16.6. The number of aryl methyl sites for hydroxylation is 1. The zero-order chi connectivity index (χ0) is 16.6. The van der Waals surface area contributed by atoms with Crippen LogP contribution in [0.3, 0.4) is 0 Å². The highest BCUT2D eigenvalue weighted by Crippen LogP contribution is 2.32. The third kappa shape index (κ3) is 3.64. The van der Waals surface area contributed by atoms with Gasteiger partial charge >= 0.3 is 6.18 Å². The smallest absolute Gasteiger partial charge is 0.389 e. The zero-order valence-corrected chi connectivity index (χ0v) is 12.9. The highest BCUT2D eigenvalue weighted by molar-refractivity contribution is 5.15. The van der Waals surface area contributed by atoms with E-state index in [0.717, 1.165) is 6.07 Å². The molecule has 1 N–H and O–H groups in total. The maximum atomic E-state index is 12.9. The number of hydrogen-bond donors (Lipinski definition) is 1. The molecule has 2 saturated heterocycles. The molecule has 0 aromatic carbocycles. The molecule has 128 valence electrons. The molecule has 0 bridgehead atoms. The summed E-state index contributed by atoms with van der Waals surface area (Å²) in [6.07, 6.45) is -3.57. The largest absolute Gasteiger partial charge is 0.433 e. The first-order valence-corrected chi connectivity index (χ1v) is 7.77. The van der Waals surface area contributed by atoms with Crippen LogP contribution in [-0.2, 0) is 10.9 Å². The summed E-state index contributed by atoms with van der Waals surface area (Å²) in [5.41, 5.74) is -0.536. The second-order valence-electron chi connectivity index (χ2n) is 6.23. The van der Waals surface area contributed by atoms with Crippen molar-refractivity contribution in [1.29, 1.82) is 0 Å². The van der Waals surface area contributed by atoms with Crippen LogP contribution in [-0.4, -0.2) is 58.4 Å². The van der Waals surface area contributed by atoms with Crippen molar-refractivity contribution in [2.45, 2.75) is 44.0 Å². The van der Waals surface area contributed by atoms with E-state index in [4.69, 9.17) is 4.74 Å². The van der Waals surface area contributed by atoms with E-state index in [2.05, 4.69) is 14.9 Å². The van der Waals surface area contributed by atoms with Gasteiger partial charge in [0.05, 0.1) is 25.4 Å². The third-order valence-corrected chi connectivity index (χ3v) is 4.55. The molecule has 1 aromatic heterocycles. The molecule has 0 amide bonds. The van der Waals surface area contributed by atoms with Crippen LogP contribution in [0.2, 0.25) is 0 Å². The summed E-state index contributed by atoms with van der Waals surface area (Å²) in [5, 5.41) is 9.87. The Bertz CT molecular complexity index is 559. The average Bonchev–Trinajstić information content (AvgIpc) is 2.92. The highest BCUT2D eigenvalue weighted by atomic mass is 19.4. The average molecular weight is 331 g/mol. The maximum Gasteiger partial charge on any atom is 0.433 e. The van der Waals surface area contributed by atoms with Gasteiger partial charge in [-0.15, -0.1) is 0 Å². The summed E-state index contributed by atoms with van der Waals surface area (Å²) in [4.78, 5) is 10.1. The minimum Gasteiger partial charge on any atom is -0.389 e. The number of likely N-dealkylation sites (tertiary alicyclic amines) is 1. The van der Waals surface area contributed by atoms with Crippen LogP contribution in [0.15, 0.2) is 6.07 Å². The number of halogens is 3. The lowest BCUT2D eigenvalue weighted by Gasteiger charge is -2.36. The number of alkyl halides is 3. The molecule has 3 rings (SSSR count). The summed E-state index contributed by atoms with van der Waals surface area (Å²) < 4.78 is 43.9. The normalized spacial score (nSPS) is 27.5. The molecule has 2 fully saturated rings. The van der Waals surface area contributed by atoms with E-state index in [0.29, 0.717) is 44.8 Å². The quantitative estimate of drug-likeness (QED) is 0.895.